The normalized spacial score (nSPS) is 13.4. The molecular formula is C4H8O3. The van der Waals surface area contributed by atoms with Gasteiger partial charge in [0.2, 0.25) is 0 Å². The Morgan fingerprint density at radius 2 is 2.29 bits per heavy atom. The zero-order chi connectivity index (χ0) is 5.70. The Bertz CT molecular complexity index is 52.9. The molecule has 0 saturated heterocycles. The smallest absolute Gasteiger partial charge is 0.151 e. The summed E-state index contributed by atoms with van der Waals surface area (Å²) in [6.45, 7) is 1.59. The van der Waals surface area contributed by atoms with E-state index < -0.39 is 6.10 Å². The van der Waals surface area contributed by atoms with Gasteiger partial charge in [0.15, 0.2) is 6.29 Å². The van der Waals surface area contributed by atoms with Gasteiger partial charge in [-0.15, -0.1) is 0 Å². The predicted molar refractivity (Wildman–Crippen MR) is 23.6 cm³/mol. The largest absolute Gasteiger partial charge is 0.300 e. The Labute approximate surface area is 42.2 Å². The molecule has 3 nitrogen and oxygen atoms in total. The van der Waals surface area contributed by atoms with E-state index >= 15 is 0 Å². The first-order chi connectivity index (χ1) is 3.31. The van der Waals surface area contributed by atoms with Crippen molar-refractivity contribution in [1.29, 1.82) is 0 Å². The first-order valence-corrected chi connectivity index (χ1v) is 1.96. The second kappa shape index (κ2) is 3.77. The maximum Gasteiger partial charge on any atom is 0.151 e. The Balaban J connectivity index is 2.98. The van der Waals surface area contributed by atoms with Crippen LogP contribution in [0.15, 0.2) is 0 Å². The van der Waals surface area contributed by atoms with Crippen molar-refractivity contribution in [3.8, 4) is 0 Å². The van der Waals surface area contributed by atoms with Gasteiger partial charge < -0.3 is 4.79 Å². The highest BCUT2D eigenvalue weighted by Crippen LogP contribution is 1.81. The molecule has 0 spiro atoms. The molecule has 0 fully saturated rings. The van der Waals surface area contributed by atoms with Gasteiger partial charge in [0.1, 0.15) is 6.10 Å². The van der Waals surface area contributed by atoms with Gasteiger partial charge in [0.25, 0.3) is 0 Å². The lowest BCUT2D eigenvalue weighted by Crippen LogP contribution is -2.07. The molecule has 0 aromatic rings. The molecule has 0 radical (unpaired) electrons. The van der Waals surface area contributed by atoms with E-state index in [1.54, 1.807) is 6.92 Å². The van der Waals surface area contributed by atoms with E-state index in [2.05, 4.69) is 9.78 Å². The molecule has 0 bridgehead atoms. The van der Waals surface area contributed by atoms with Crippen LogP contribution in [0.4, 0.5) is 0 Å². The maximum absolute atomic E-state index is 9.69. The van der Waals surface area contributed by atoms with Crippen molar-refractivity contribution >= 4 is 6.29 Å². The van der Waals surface area contributed by atoms with Gasteiger partial charge in [-0.1, -0.05) is 0 Å². The summed E-state index contributed by atoms with van der Waals surface area (Å²) in [5, 5.41) is 0. The van der Waals surface area contributed by atoms with Crippen LogP contribution in [0.25, 0.3) is 0 Å². The zero-order valence-electron chi connectivity index (χ0n) is 4.38. The summed E-state index contributed by atoms with van der Waals surface area (Å²) in [6.07, 6.45) is 0.203. The van der Waals surface area contributed by atoms with Crippen molar-refractivity contribution in [3.05, 3.63) is 0 Å². The van der Waals surface area contributed by atoms with Crippen LogP contribution in [-0.2, 0) is 14.6 Å². The molecule has 0 aromatic heterocycles. The third kappa shape index (κ3) is 3.42. The van der Waals surface area contributed by atoms with Crippen LogP contribution in [0.2, 0.25) is 0 Å². The van der Waals surface area contributed by atoms with Crippen LogP contribution in [0.5, 0.6) is 0 Å². The van der Waals surface area contributed by atoms with E-state index in [0.29, 0.717) is 6.29 Å². The van der Waals surface area contributed by atoms with Gasteiger partial charge in [0, 0.05) is 0 Å². The highest BCUT2D eigenvalue weighted by molar-refractivity contribution is 5.54. The van der Waals surface area contributed by atoms with Crippen molar-refractivity contribution in [2.24, 2.45) is 0 Å². The number of aldehydes is 1. The molecule has 0 heterocycles. The molecule has 1 atom stereocenters. The molecule has 0 aliphatic heterocycles. The summed E-state index contributed by atoms with van der Waals surface area (Å²) in [4.78, 5) is 18.2. The summed E-state index contributed by atoms with van der Waals surface area (Å²) in [6, 6.07) is 0. The van der Waals surface area contributed by atoms with Gasteiger partial charge in [-0.05, 0) is 6.92 Å². The Kier molecular flexibility index (Phi) is 3.55. The molecule has 0 aliphatic rings. The number of rotatable bonds is 3. The van der Waals surface area contributed by atoms with Crippen LogP contribution in [-0.4, -0.2) is 19.5 Å². The molecule has 0 N–H and O–H groups in total. The molecule has 0 rings (SSSR count). The fourth-order valence-corrected chi connectivity index (χ4v) is 0.174. The van der Waals surface area contributed by atoms with E-state index in [1.807, 2.05) is 0 Å². The number of hydrogen-bond donors (Lipinski definition) is 0. The first-order valence-electron chi connectivity index (χ1n) is 1.96. The second-order valence-corrected chi connectivity index (χ2v) is 1.10. The molecular weight excluding hydrogens is 96.0 g/mol. The summed E-state index contributed by atoms with van der Waals surface area (Å²) in [7, 11) is 1.36. The average Bonchev–Trinajstić information content (AvgIpc) is 1.68. The van der Waals surface area contributed by atoms with E-state index in [1.165, 1.54) is 7.11 Å². The third-order valence-corrected chi connectivity index (χ3v) is 0.440. The average molecular weight is 104 g/mol. The van der Waals surface area contributed by atoms with Gasteiger partial charge in [-0.2, -0.15) is 0 Å². The van der Waals surface area contributed by atoms with Crippen molar-refractivity contribution < 1.29 is 14.6 Å². The minimum Gasteiger partial charge on any atom is -0.300 e. The lowest BCUT2D eigenvalue weighted by Gasteiger charge is -1.97. The lowest BCUT2D eigenvalue weighted by atomic mass is 10.5. The fraction of sp³-hybridized carbons (Fsp3) is 0.750. The van der Waals surface area contributed by atoms with Crippen molar-refractivity contribution in [2.75, 3.05) is 7.11 Å². The fourth-order valence-electron chi connectivity index (χ4n) is 0.174. The number of hydrogen-bond acceptors (Lipinski definition) is 3. The maximum atomic E-state index is 9.69. The Morgan fingerprint density at radius 3 is 2.43 bits per heavy atom. The highest BCUT2D eigenvalue weighted by Gasteiger charge is 1.94. The van der Waals surface area contributed by atoms with Crippen molar-refractivity contribution in [3.63, 3.8) is 0 Å². The summed E-state index contributed by atoms with van der Waals surface area (Å²) >= 11 is 0. The predicted octanol–water partition coefficient (Wildman–Crippen LogP) is 0.152. The molecule has 0 aliphatic carbocycles. The van der Waals surface area contributed by atoms with Crippen molar-refractivity contribution in [2.45, 2.75) is 13.0 Å². The standard InChI is InChI=1S/C4H8O3/c1-4(3-5)7-6-2/h3-4H,1-2H3. The van der Waals surface area contributed by atoms with E-state index in [0.717, 1.165) is 0 Å². The zero-order valence-corrected chi connectivity index (χ0v) is 4.38. The van der Waals surface area contributed by atoms with Crippen molar-refractivity contribution in [1.82, 2.24) is 0 Å². The minimum atomic E-state index is -0.454. The summed E-state index contributed by atoms with van der Waals surface area (Å²) in [5.41, 5.74) is 0. The van der Waals surface area contributed by atoms with Crippen LogP contribution in [0.1, 0.15) is 6.92 Å². The lowest BCUT2D eigenvalue weighted by molar-refractivity contribution is -0.290. The van der Waals surface area contributed by atoms with Gasteiger partial charge in [0.05, 0.1) is 7.11 Å². The van der Waals surface area contributed by atoms with Crippen LogP contribution in [0, 0.1) is 0 Å². The van der Waals surface area contributed by atoms with Gasteiger partial charge in [-0.25, -0.2) is 9.78 Å². The molecule has 42 valence electrons. The topological polar surface area (TPSA) is 35.5 Å². The van der Waals surface area contributed by atoms with Crippen LogP contribution >= 0.6 is 0 Å². The van der Waals surface area contributed by atoms with Gasteiger partial charge >= 0.3 is 0 Å². The van der Waals surface area contributed by atoms with Gasteiger partial charge in [-0.3, -0.25) is 0 Å². The molecule has 0 saturated carbocycles. The minimum absolute atomic E-state index is 0.454. The quantitative estimate of drug-likeness (QED) is 0.290. The second-order valence-electron chi connectivity index (χ2n) is 1.10. The third-order valence-electron chi connectivity index (χ3n) is 0.440. The van der Waals surface area contributed by atoms with E-state index in [-0.39, 0.29) is 0 Å². The van der Waals surface area contributed by atoms with Crippen LogP contribution in [0.3, 0.4) is 0 Å². The molecule has 3 heteroatoms. The first kappa shape index (κ1) is 6.59. The number of carbonyl (C=O) groups excluding carboxylic acids is 1. The monoisotopic (exact) mass is 104 g/mol. The van der Waals surface area contributed by atoms with E-state index in [4.69, 9.17) is 0 Å². The summed E-state index contributed by atoms with van der Waals surface area (Å²) in [5.74, 6) is 0. The Morgan fingerprint density at radius 1 is 1.71 bits per heavy atom. The molecule has 0 amide bonds. The molecule has 1 unspecified atom stereocenters. The number of carbonyl (C=O) groups is 1. The SMILES string of the molecule is COOC(C)C=O. The summed E-state index contributed by atoms with van der Waals surface area (Å²) < 4.78 is 0. The highest BCUT2D eigenvalue weighted by atomic mass is 17.2. The van der Waals surface area contributed by atoms with E-state index in [9.17, 15) is 4.79 Å². The molecule has 7 heavy (non-hydrogen) atoms. The Hall–Kier alpha value is -0.410. The van der Waals surface area contributed by atoms with Crippen LogP contribution < -0.4 is 0 Å². The molecule has 0 aromatic carbocycles.